The zero-order valence-corrected chi connectivity index (χ0v) is 10.9. The van der Waals surface area contributed by atoms with Gasteiger partial charge in [-0.15, -0.1) is 16.6 Å². The Balaban J connectivity index is 2.14. The molecule has 90 valence electrons. The van der Waals surface area contributed by atoms with Gasteiger partial charge in [0.05, 0.1) is 12.0 Å². The van der Waals surface area contributed by atoms with E-state index in [9.17, 15) is 0 Å². The molecular weight excluding hydrogens is 268 g/mol. The standard InChI is InChI=1S/C12H9ClN4S/c1-2-6-18-12-16-14-9-17(12)15-8-10-4-3-5-11(13)7-10/h1,3-5,7-9H,6H2. The van der Waals surface area contributed by atoms with E-state index in [1.807, 2.05) is 24.3 Å². The number of benzene rings is 1. The molecule has 1 heterocycles. The summed E-state index contributed by atoms with van der Waals surface area (Å²) in [4.78, 5) is 0. The first-order chi connectivity index (χ1) is 8.79. The molecule has 0 spiro atoms. The molecule has 0 aliphatic heterocycles. The maximum absolute atomic E-state index is 5.89. The number of aromatic nitrogens is 3. The molecule has 0 amide bonds. The Morgan fingerprint density at radius 2 is 2.44 bits per heavy atom. The van der Waals surface area contributed by atoms with Gasteiger partial charge in [0.15, 0.2) is 0 Å². The van der Waals surface area contributed by atoms with Gasteiger partial charge in [0.25, 0.3) is 0 Å². The smallest absolute Gasteiger partial charge is 0.195 e. The summed E-state index contributed by atoms with van der Waals surface area (Å²) < 4.78 is 1.57. The normalized spacial score (nSPS) is 10.7. The van der Waals surface area contributed by atoms with Gasteiger partial charge in [0.1, 0.15) is 6.33 Å². The van der Waals surface area contributed by atoms with Crippen LogP contribution in [-0.2, 0) is 0 Å². The predicted octanol–water partition coefficient (Wildman–Crippen LogP) is 2.54. The Kier molecular flexibility index (Phi) is 4.40. The molecule has 0 aliphatic carbocycles. The van der Waals surface area contributed by atoms with Crippen molar-refractivity contribution in [3.63, 3.8) is 0 Å². The number of halogens is 1. The molecule has 0 aliphatic rings. The Morgan fingerprint density at radius 3 is 3.22 bits per heavy atom. The zero-order valence-electron chi connectivity index (χ0n) is 9.32. The average molecular weight is 277 g/mol. The van der Waals surface area contributed by atoms with Gasteiger partial charge < -0.3 is 0 Å². The summed E-state index contributed by atoms with van der Waals surface area (Å²) in [5.41, 5.74) is 0.907. The summed E-state index contributed by atoms with van der Waals surface area (Å²) >= 11 is 7.29. The molecule has 0 radical (unpaired) electrons. The van der Waals surface area contributed by atoms with Crippen LogP contribution < -0.4 is 0 Å². The average Bonchev–Trinajstić information content (AvgIpc) is 2.81. The first-order valence-electron chi connectivity index (χ1n) is 5.06. The van der Waals surface area contributed by atoms with Gasteiger partial charge in [-0.25, -0.2) is 0 Å². The van der Waals surface area contributed by atoms with Crippen LogP contribution in [0.15, 0.2) is 40.9 Å². The van der Waals surface area contributed by atoms with Crippen LogP contribution in [0, 0.1) is 12.3 Å². The molecule has 0 saturated carbocycles. The minimum atomic E-state index is 0.533. The molecular formula is C12H9ClN4S. The van der Waals surface area contributed by atoms with Gasteiger partial charge in [-0.3, -0.25) is 0 Å². The van der Waals surface area contributed by atoms with Gasteiger partial charge >= 0.3 is 0 Å². The monoisotopic (exact) mass is 276 g/mol. The Morgan fingerprint density at radius 1 is 1.56 bits per heavy atom. The number of hydrogen-bond acceptors (Lipinski definition) is 4. The van der Waals surface area contributed by atoms with Crippen LogP contribution in [0.2, 0.25) is 5.02 Å². The number of terminal acetylenes is 1. The quantitative estimate of drug-likeness (QED) is 0.490. The largest absolute Gasteiger partial charge is 0.212 e. The van der Waals surface area contributed by atoms with Crippen molar-refractivity contribution in [3.8, 4) is 12.3 Å². The van der Waals surface area contributed by atoms with Crippen LogP contribution in [0.1, 0.15) is 5.56 Å². The van der Waals surface area contributed by atoms with Crippen LogP contribution in [0.4, 0.5) is 0 Å². The molecule has 6 heteroatoms. The molecule has 2 aromatic rings. The van der Waals surface area contributed by atoms with E-state index in [0.717, 1.165) is 5.56 Å². The summed E-state index contributed by atoms with van der Waals surface area (Å²) in [5.74, 6) is 3.06. The number of rotatable bonds is 4. The van der Waals surface area contributed by atoms with Crippen LogP contribution in [-0.4, -0.2) is 26.8 Å². The highest BCUT2D eigenvalue weighted by Crippen LogP contribution is 2.13. The SMILES string of the molecule is C#CCSc1nncn1N=Cc1cccc(Cl)c1. The van der Waals surface area contributed by atoms with Crippen molar-refractivity contribution in [1.29, 1.82) is 0 Å². The first-order valence-corrected chi connectivity index (χ1v) is 6.42. The third-order valence-corrected chi connectivity index (χ3v) is 3.04. The molecule has 0 saturated heterocycles. The van der Waals surface area contributed by atoms with E-state index in [2.05, 4.69) is 21.2 Å². The van der Waals surface area contributed by atoms with Gasteiger partial charge in [0.2, 0.25) is 5.16 Å². The maximum atomic E-state index is 5.89. The minimum absolute atomic E-state index is 0.533. The van der Waals surface area contributed by atoms with Gasteiger partial charge in [-0.2, -0.15) is 9.78 Å². The molecule has 0 N–H and O–H groups in total. The van der Waals surface area contributed by atoms with Gasteiger partial charge in [-0.05, 0) is 17.7 Å². The van der Waals surface area contributed by atoms with Crippen molar-refractivity contribution in [3.05, 3.63) is 41.2 Å². The topological polar surface area (TPSA) is 43.1 Å². The first kappa shape index (κ1) is 12.7. The van der Waals surface area contributed by atoms with Gasteiger partial charge in [0, 0.05) is 5.02 Å². The predicted molar refractivity (Wildman–Crippen MR) is 74.0 cm³/mol. The zero-order chi connectivity index (χ0) is 12.8. The van der Waals surface area contributed by atoms with Crippen molar-refractivity contribution in [1.82, 2.24) is 14.9 Å². The highest BCUT2D eigenvalue weighted by molar-refractivity contribution is 7.99. The van der Waals surface area contributed by atoms with Crippen molar-refractivity contribution >= 4 is 29.6 Å². The highest BCUT2D eigenvalue weighted by Gasteiger charge is 2.01. The number of thioether (sulfide) groups is 1. The van der Waals surface area contributed by atoms with E-state index < -0.39 is 0 Å². The summed E-state index contributed by atoms with van der Waals surface area (Å²) in [6.07, 6.45) is 8.41. The Bertz CT molecular complexity index is 600. The fourth-order valence-electron chi connectivity index (χ4n) is 1.22. The molecule has 18 heavy (non-hydrogen) atoms. The van der Waals surface area contributed by atoms with E-state index >= 15 is 0 Å². The molecule has 4 nitrogen and oxygen atoms in total. The van der Waals surface area contributed by atoms with Crippen molar-refractivity contribution in [2.75, 3.05) is 5.75 Å². The molecule has 0 atom stereocenters. The Hall–Kier alpha value is -1.77. The lowest BCUT2D eigenvalue weighted by Gasteiger charge is -1.97. The van der Waals surface area contributed by atoms with E-state index in [4.69, 9.17) is 18.0 Å². The second kappa shape index (κ2) is 6.24. The second-order valence-corrected chi connectivity index (χ2v) is 4.63. The second-order valence-electron chi connectivity index (χ2n) is 3.25. The van der Waals surface area contributed by atoms with Crippen molar-refractivity contribution < 1.29 is 0 Å². The number of hydrogen-bond donors (Lipinski definition) is 0. The summed E-state index contributed by atoms with van der Waals surface area (Å²) in [5, 5.41) is 13.3. The summed E-state index contributed by atoms with van der Waals surface area (Å²) in [6, 6.07) is 7.41. The fraction of sp³-hybridized carbons (Fsp3) is 0.0833. The Labute approximate surface area is 114 Å². The fourth-order valence-corrected chi connectivity index (χ4v) is 1.96. The van der Waals surface area contributed by atoms with Gasteiger partial charge in [-0.1, -0.05) is 41.4 Å². The molecule has 2 rings (SSSR count). The van der Waals surface area contributed by atoms with Crippen molar-refractivity contribution in [2.24, 2.45) is 5.10 Å². The van der Waals surface area contributed by atoms with E-state index in [-0.39, 0.29) is 0 Å². The number of nitrogens with zero attached hydrogens (tertiary/aromatic N) is 4. The molecule has 0 bridgehead atoms. The molecule has 0 fully saturated rings. The molecule has 1 aromatic carbocycles. The lowest BCUT2D eigenvalue weighted by Crippen LogP contribution is -1.92. The van der Waals surface area contributed by atoms with Crippen molar-refractivity contribution in [2.45, 2.75) is 5.16 Å². The van der Waals surface area contributed by atoms with E-state index in [0.29, 0.717) is 15.9 Å². The molecule has 1 aromatic heterocycles. The molecule has 0 unspecified atom stereocenters. The summed E-state index contributed by atoms with van der Waals surface area (Å²) in [6.45, 7) is 0. The van der Waals surface area contributed by atoms with Crippen LogP contribution >= 0.6 is 23.4 Å². The minimum Gasteiger partial charge on any atom is -0.195 e. The van der Waals surface area contributed by atoms with E-state index in [1.165, 1.54) is 18.1 Å². The maximum Gasteiger partial charge on any atom is 0.212 e. The lowest BCUT2D eigenvalue weighted by atomic mass is 10.2. The van der Waals surface area contributed by atoms with Crippen LogP contribution in [0.3, 0.4) is 0 Å². The highest BCUT2D eigenvalue weighted by atomic mass is 35.5. The summed E-state index contributed by atoms with van der Waals surface area (Å²) in [7, 11) is 0. The lowest BCUT2D eigenvalue weighted by molar-refractivity contribution is 0.768. The van der Waals surface area contributed by atoms with Crippen LogP contribution in [0.25, 0.3) is 0 Å². The third kappa shape index (κ3) is 3.36. The third-order valence-electron chi connectivity index (χ3n) is 1.96. The van der Waals surface area contributed by atoms with E-state index in [1.54, 1.807) is 10.9 Å². The van der Waals surface area contributed by atoms with Crippen LogP contribution in [0.5, 0.6) is 0 Å².